The van der Waals surface area contributed by atoms with Crippen LogP contribution in [0.15, 0.2) is 30.3 Å². The zero-order chi connectivity index (χ0) is 17.3. The van der Waals surface area contributed by atoms with Gasteiger partial charge in [0.2, 0.25) is 0 Å². The molecule has 5 heteroatoms. The fourth-order valence-electron chi connectivity index (χ4n) is 4.75. The van der Waals surface area contributed by atoms with E-state index in [2.05, 4.69) is 39.8 Å². The van der Waals surface area contributed by atoms with Crippen LogP contribution in [0.5, 0.6) is 0 Å². The first-order valence-electron chi connectivity index (χ1n) is 9.78. The van der Waals surface area contributed by atoms with E-state index in [1.807, 2.05) is 6.07 Å². The number of nitrogens with one attached hydrogen (secondary N) is 2. The summed E-state index contributed by atoms with van der Waals surface area (Å²) >= 11 is 0. The van der Waals surface area contributed by atoms with Gasteiger partial charge in [0.1, 0.15) is 0 Å². The van der Waals surface area contributed by atoms with Crippen molar-refractivity contribution in [2.24, 2.45) is 11.1 Å². The van der Waals surface area contributed by atoms with E-state index < -0.39 is 0 Å². The molecule has 4 N–H and O–H groups in total. The highest BCUT2D eigenvalue weighted by Crippen LogP contribution is 2.54. The molecule has 1 aromatic carbocycles. The van der Waals surface area contributed by atoms with Crippen molar-refractivity contribution >= 4 is 11.7 Å². The lowest BCUT2D eigenvalue weighted by Gasteiger charge is -2.30. The predicted octanol–water partition coefficient (Wildman–Crippen LogP) is 2.61. The molecular formula is C20H30N4O. The molecule has 1 spiro atoms. The molecule has 3 aliphatic rings. The van der Waals surface area contributed by atoms with Gasteiger partial charge in [0.05, 0.1) is 0 Å². The number of rotatable bonds is 4. The molecule has 2 amide bonds. The lowest BCUT2D eigenvalue weighted by atomic mass is 9.83. The number of anilines is 1. The maximum atomic E-state index is 12.3. The van der Waals surface area contributed by atoms with E-state index in [4.69, 9.17) is 5.73 Å². The summed E-state index contributed by atoms with van der Waals surface area (Å²) in [5.74, 6) is 0. The monoisotopic (exact) mass is 342 g/mol. The van der Waals surface area contributed by atoms with E-state index in [-0.39, 0.29) is 6.03 Å². The fourth-order valence-corrected chi connectivity index (χ4v) is 4.75. The summed E-state index contributed by atoms with van der Waals surface area (Å²) in [5, 5.41) is 6.27. The van der Waals surface area contributed by atoms with Gasteiger partial charge in [0, 0.05) is 36.9 Å². The van der Waals surface area contributed by atoms with Crippen LogP contribution in [0, 0.1) is 5.41 Å². The Bertz CT molecular complexity index is 597. The Morgan fingerprint density at radius 2 is 1.92 bits per heavy atom. The molecule has 0 bridgehead atoms. The van der Waals surface area contributed by atoms with Crippen LogP contribution in [0.1, 0.15) is 44.9 Å². The van der Waals surface area contributed by atoms with Crippen molar-refractivity contribution in [1.82, 2.24) is 10.6 Å². The number of hydrogen-bond donors (Lipinski definition) is 3. The van der Waals surface area contributed by atoms with Gasteiger partial charge in [-0.1, -0.05) is 18.2 Å². The molecule has 3 fully saturated rings. The van der Waals surface area contributed by atoms with Crippen molar-refractivity contribution in [1.29, 1.82) is 0 Å². The summed E-state index contributed by atoms with van der Waals surface area (Å²) in [6, 6.07) is 11.6. The first kappa shape index (κ1) is 16.7. The largest absolute Gasteiger partial charge is 0.367 e. The number of carbonyl (C=O) groups excluding carboxylic acids is 1. The second-order valence-corrected chi connectivity index (χ2v) is 8.13. The number of amides is 2. The summed E-state index contributed by atoms with van der Waals surface area (Å²) in [5.41, 5.74) is 7.73. The van der Waals surface area contributed by atoms with E-state index in [1.165, 1.54) is 31.4 Å². The molecule has 2 atom stereocenters. The van der Waals surface area contributed by atoms with Crippen molar-refractivity contribution in [3.8, 4) is 0 Å². The second kappa shape index (κ2) is 6.87. The lowest BCUT2D eigenvalue weighted by Crippen LogP contribution is -2.48. The van der Waals surface area contributed by atoms with Gasteiger partial charge in [-0.3, -0.25) is 0 Å². The zero-order valence-corrected chi connectivity index (χ0v) is 14.9. The SMILES string of the molecule is NC1CC12CCC(NC(=O)NC[C@@H]1CCCN1c1ccccc1)CC2. The number of carbonyl (C=O) groups is 1. The van der Waals surface area contributed by atoms with Crippen LogP contribution in [0.2, 0.25) is 0 Å². The van der Waals surface area contributed by atoms with Crippen LogP contribution < -0.4 is 21.3 Å². The van der Waals surface area contributed by atoms with Gasteiger partial charge in [-0.25, -0.2) is 4.79 Å². The van der Waals surface area contributed by atoms with E-state index in [0.29, 0.717) is 30.1 Å². The van der Waals surface area contributed by atoms with E-state index in [1.54, 1.807) is 0 Å². The van der Waals surface area contributed by atoms with Crippen LogP contribution in [0.25, 0.3) is 0 Å². The normalized spacial score (nSPS) is 34.1. The number of urea groups is 1. The maximum Gasteiger partial charge on any atom is 0.315 e. The van der Waals surface area contributed by atoms with Crippen LogP contribution in [-0.2, 0) is 0 Å². The number of benzene rings is 1. The summed E-state index contributed by atoms with van der Waals surface area (Å²) < 4.78 is 0. The Labute approximate surface area is 150 Å². The van der Waals surface area contributed by atoms with Gasteiger partial charge < -0.3 is 21.3 Å². The molecule has 1 heterocycles. The van der Waals surface area contributed by atoms with Crippen LogP contribution in [0.4, 0.5) is 10.5 Å². The van der Waals surface area contributed by atoms with Gasteiger partial charge >= 0.3 is 6.03 Å². The maximum absolute atomic E-state index is 12.3. The number of nitrogens with zero attached hydrogens (tertiary/aromatic N) is 1. The average Bonchev–Trinajstić information content (AvgIpc) is 3.05. The molecule has 25 heavy (non-hydrogen) atoms. The fraction of sp³-hybridized carbons (Fsp3) is 0.650. The predicted molar refractivity (Wildman–Crippen MR) is 101 cm³/mol. The second-order valence-electron chi connectivity index (χ2n) is 8.13. The molecule has 2 saturated carbocycles. The van der Waals surface area contributed by atoms with Gasteiger partial charge in [0.25, 0.3) is 0 Å². The number of nitrogens with two attached hydrogens (primary N) is 1. The highest BCUT2D eigenvalue weighted by Gasteiger charge is 2.52. The quantitative estimate of drug-likeness (QED) is 0.788. The molecule has 1 aromatic rings. The third-order valence-corrected chi connectivity index (χ3v) is 6.53. The topological polar surface area (TPSA) is 70.4 Å². The molecule has 0 aromatic heterocycles. The molecule has 136 valence electrons. The molecule has 0 radical (unpaired) electrons. The standard InChI is InChI=1S/C20H30N4O/c21-18-13-20(18)10-8-15(9-11-20)23-19(25)22-14-17-7-4-12-24(17)16-5-2-1-3-6-16/h1-3,5-6,15,17-18H,4,7-14,21H2,(H2,22,23,25)/t15?,17-,18?,20?/m0/s1. The Morgan fingerprint density at radius 3 is 2.60 bits per heavy atom. The third-order valence-electron chi connectivity index (χ3n) is 6.53. The molecule has 2 aliphatic carbocycles. The van der Waals surface area contributed by atoms with E-state index >= 15 is 0 Å². The van der Waals surface area contributed by atoms with Gasteiger partial charge in [0.15, 0.2) is 0 Å². The Kier molecular flexibility index (Phi) is 4.59. The molecule has 1 aliphatic heterocycles. The van der Waals surface area contributed by atoms with Crippen molar-refractivity contribution in [2.75, 3.05) is 18.0 Å². The van der Waals surface area contributed by atoms with E-state index in [9.17, 15) is 4.79 Å². The highest BCUT2D eigenvalue weighted by atomic mass is 16.2. The summed E-state index contributed by atoms with van der Waals surface area (Å²) in [6.45, 7) is 1.78. The summed E-state index contributed by atoms with van der Waals surface area (Å²) in [4.78, 5) is 14.7. The van der Waals surface area contributed by atoms with Crippen molar-refractivity contribution in [3.05, 3.63) is 30.3 Å². The Morgan fingerprint density at radius 1 is 1.20 bits per heavy atom. The molecule has 5 nitrogen and oxygen atoms in total. The first-order valence-corrected chi connectivity index (χ1v) is 9.78. The molecule has 4 rings (SSSR count). The average molecular weight is 342 g/mol. The molecular weight excluding hydrogens is 312 g/mol. The van der Waals surface area contributed by atoms with Crippen molar-refractivity contribution in [3.63, 3.8) is 0 Å². The summed E-state index contributed by atoms with van der Waals surface area (Å²) in [6.07, 6.45) is 7.99. The van der Waals surface area contributed by atoms with Crippen LogP contribution >= 0.6 is 0 Å². The van der Waals surface area contributed by atoms with Crippen molar-refractivity contribution < 1.29 is 4.79 Å². The molecule has 1 saturated heterocycles. The van der Waals surface area contributed by atoms with Gasteiger partial charge in [-0.15, -0.1) is 0 Å². The minimum atomic E-state index is -0.0130. The van der Waals surface area contributed by atoms with Crippen LogP contribution in [0.3, 0.4) is 0 Å². The van der Waals surface area contributed by atoms with Crippen molar-refractivity contribution in [2.45, 2.75) is 63.1 Å². The third kappa shape index (κ3) is 3.61. The minimum absolute atomic E-state index is 0.0130. The lowest BCUT2D eigenvalue weighted by molar-refractivity contribution is 0.222. The molecule has 1 unspecified atom stereocenters. The highest BCUT2D eigenvalue weighted by molar-refractivity contribution is 5.74. The number of hydrogen-bond acceptors (Lipinski definition) is 3. The Balaban J connectivity index is 1.22. The van der Waals surface area contributed by atoms with Crippen LogP contribution in [-0.4, -0.2) is 37.2 Å². The summed E-state index contributed by atoms with van der Waals surface area (Å²) in [7, 11) is 0. The Hall–Kier alpha value is -1.75. The first-order chi connectivity index (χ1) is 12.2. The van der Waals surface area contributed by atoms with E-state index in [0.717, 1.165) is 25.8 Å². The van der Waals surface area contributed by atoms with Gasteiger partial charge in [-0.05, 0) is 62.5 Å². The number of para-hydroxylation sites is 1. The minimum Gasteiger partial charge on any atom is -0.367 e. The smallest absolute Gasteiger partial charge is 0.315 e. The van der Waals surface area contributed by atoms with Gasteiger partial charge in [-0.2, -0.15) is 0 Å². The zero-order valence-electron chi connectivity index (χ0n) is 14.9.